The van der Waals surface area contributed by atoms with Crippen LogP contribution in [0.3, 0.4) is 0 Å². The quantitative estimate of drug-likeness (QED) is 0.451. The molecule has 1 fully saturated rings. The number of aryl methyl sites for hydroxylation is 1. The lowest BCUT2D eigenvalue weighted by Crippen LogP contribution is -2.21. The van der Waals surface area contributed by atoms with Gasteiger partial charge in [-0.3, -0.25) is 0 Å². The van der Waals surface area contributed by atoms with Crippen molar-refractivity contribution >= 4 is 40.1 Å². The molecule has 158 valence electrons. The first-order chi connectivity index (χ1) is 14.4. The number of H-pyrrole nitrogens is 1. The van der Waals surface area contributed by atoms with Gasteiger partial charge in [-0.15, -0.1) is 0 Å². The lowest BCUT2D eigenvalue weighted by atomic mass is 10.1. The van der Waals surface area contributed by atoms with E-state index in [4.69, 9.17) is 27.9 Å². The molecular weight excluding hydrogens is 419 g/mol. The number of hydrogen-bond donors (Lipinski definition) is 1. The van der Waals surface area contributed by atoms with Gasteiger partial charge in [-0.25, -0.2) is 4.79 Å². The van der Waals surface area contributed by atoms with Gasteiger partial charge < -0.3 is 14.6 Å². The topological polar surface area (TPSA) is 45.3 Å². The molecule has 1 N–H and O–H groups in total. The van der Waals surface area contributed by atoms with E-state index in [1.807, 2.05) is 19.9 Å². The van der Waals surface area contributed by atoms with Crippen LogP contribution in [0.5, 0.6) is 0 Å². The number of ether oxygens (including phenoxy) is 1. The predicted octanol–water partition coefficient (Wildman–Crippen LogP) is 6.34. The number of esters is 1. The molecule has 6 heteroatoms. The third-order valence-electron chi connectivity index (χ3n) is 5.87. The standard InChI is InChI=1S/C24H26Cl2N2O2/c1-15-23(24(29)30-16(2)18-6-7-20(25)21(26)14-18)19-13-17(5-8-22(19)27-15)9-12-28-10-3-4-11-28/h5-8,13-14,16,27H,3-4,9-12H2,1-2H3. The summed E-state index contributed by atoms with van der Waals surface area (Å²) >= 11 is 12.1. The summed E-state index contributed by atoms with van der Waals surface area (Å²) in [5.41, 5.74) is 4.40. The number of carbonyl (C=O) groups is 1. The number of nitrogens with zero attached hydrogens (tertiary/aromatic N) is 1. The molecule has 0 spiro atoms. The molecule has 1 aliphatic heterocycles. The average molecular weight is 445 g/mol. The number of hydrogen-bond acceptors (Lipinski definition) is 3. The molecule has 0 saturated carbocycles. The Hall–Kier alpha value is -2.01. The van der Waals surface area contributed by atoms with E-state index in [9.17, 15) is 4.79 Å². The van der Waals surface area contributed by atoms with Crippen LogP contribution in [-0.4, -0.2) is 35.5 Å². The fourth-order valence-corrected chi connectivity index (χ4v) is 4.45. The smallest absolute Gasteiger partial charge is 0.341 e. The van der Waals surface area contributed by atoms with Crippen molar-refractivity contribution in [2.75, 3.05) is 19.6 Å². The molecule has 4 nitrogen and oxygen atoms in total. The van der Waals surface area contributed by atoms with Gasteiger partial charge in [-0.05, 0) is 81.6 Å². The Morgan fingerprint density at radius 1 is 1.13 bits per heavy atom. The summed E-state index contributed by atoms with van der Waals surface area (Å²) in [5.74, 6) is -0.339. The Morgan fingerprint density at radius 3 is 2.63 bits per heavy atom. The lowest BCUT2D eigenvalue weighted by molar-refractivity contribution is 0.0339. The van der Waals surface area contributed by atoms with Crippen LogP contribution >= 0.6 is 23.2 Å². The molecule has 1 aliphatic rings. The minimum absolute atomic E-state index is 0.339. The number of benzene rings is 2. The minimum Gasteiger partial charge on any atom is -0.454 e. The monoisotopic (exact) mass is 444 g/mol. The first-order valence-corrected chi connectivity index (χ1v) is 11.2. The molecule has 3 aromatic rings. The molecular formula is C24H26Cl2N2O2. The molecule has 2 heterocycles. The number of halogens is 2. The number of fused-ring (bicyclic) bond motifs is 1. The molecule has 0 amide bonds. The summed E-state index contributed by atoms with van der Waals surface area (Å²) < 4.78 is 5.78. The van der Waals surface area contributed by atoms with Gasteiger partial charge in [0.1, 0.15) is 6.10 Å². The van der Waals surface area contributed by atoms with E-state index in [1.54, 1.807) is 12.1 Å². The fourth-order valence-electron chi connectivity index (χ4n) is 4.14. The highest BCUT2D eigenvalue weighted by Gasteiger charge is 2.21. The summed E-state index contributed by atoms with van der Waals surface area (Å²) in [7, 11) is 0. The Bertz CT molecular complexity index is 1070. The van der Waals surface area contributed by atoms with E-state index in [1.165, 1.54) is 31.5 Å². The van der Waals surface area contributed by atoms with Crippen molar-refractivity contribution in [1.82, 2.24) is 9.88 Å². The minimum atomic E-state index is -0.435. The highest BCUT2D eigenvalue weighted by atomic mass is 35.5. The van der Waals surface area contributed by atoms with Crippen LogP contribution in [0.4, 0.5) is 0 Å². The van der Waals surface area contributed by atoms with Gasteiger partial charge in [0.05, 0.1) is 15.6 Å². The van der Waals surface area contributed by atoms with Crippen molar-refractivity contribution < 1.29 is 9.53 Å². The number of carbonyl (C=O) groups excluding carboxylic acids is 1. The van der Waals surface area contributed by atoms with Crippen LogP contribution in [0.1, 0.15) is 53.0 Å². The SMILES string of the molecule is Cc1[nH]c2ccc(CCN3CCCC3)cc2c1C(=O)OC(C)c1ccc(Cl)c(Cl)c1. The van der Waals surface area contributed by atoms with Gasteiger partial charge in [0.2, 0.25) is 0 Å². The van der Waals surface area contributed by atoms with Crippen molar-refractivity contribution in [3.8, 4) is 0 Å². The average Bonchev–Trinajstić information content (AvgIpc) is 3.34. The molecule has 2 aromatic carbocycles. The normalized spacial score (nSPS) is 15.6. The largest absolute Gasteiger partial charge is 0.454 e. The number of nitrogens with one attached hydrogen (secondary N) is 1. The zero-order valence-electron chi connectivity index (χ0n) is 17.3. The molecule has 0 bridgehead atoms. The van der Waals surface area contributed by atoms with Gasteiger partial charge in [0.25, 0.3) is 0 Å². The molecule has 1 unspecified atom stereocenters. The van der Waals surface area contributed by atoms with Gasteiger partial charge >= 0.3 is 5.97 Å². The van der Waals surface area contributed by atoms with Gasteiger partial charge in [0, 0.05) is 23.1 Å². The van der Waals surface area contributed by atoms with Crippen molar-refractivity contribution in [3.63, 3.8) is 0 Å². The summed E-state index contributed by atoms with van der Waals surface area (Å²) in [6.45, 7) is 7.18. The highest BCUT2D eigenvalue weighted by Crippen LogP contribution is 2.30. The molecule has 30 heavy (non-hydrogen) atoms. The number of rotatable bonds is 6. The zero-order chi connectivity index (χ0) is 21.3. The van der Waals surface area contributed by atoms with Crippen molar-refractivity contribution in [1.29, 1.82) is 0 Å². The molecule has 0 radical (unpaired) electrons. The maximum absolute atomic E-state index is 13.0. The molecule has 1 atom stereocenters. The van der Waals surface area contributed by atoms with Crippen LogP contribution in [0.2, 0.25) is 10.0 Å². The summed E-state index contributed by atoms with van der Waals surface area (Å²) in [6, 6.07) is 11.6. The predicted molar refractivity (Wildman–Crippen MR) is 123 cm³/mol. The zero-order valence-corrected chi connectivity index (χ0v) is 18.8. The number of aromatic nitrogens is 1. The highest BCUT2D eigenvalue weighted by molar-refractivity contribution is 6.42. The first-order valence-electron chi connectivity index (χ1n) is 10.4. The molecule has 1 saturated heterocycles. The van der Waals surface area contributed by atoms with Gasteiger partial charge in [-0.1, -0.05) is 35.3 Å². The third kappa shape index (κ3) is 4.51. The first kappa shape index (κ1) is 21.2. The van der Waals surface area contributed by atoms with Crippen molar-refractivity contribution in [2.45, 2.75) is 39.2 Å². The maximum Gasteiger partial charge on any atom is 0.341 e. The van der Waals surface area contributed by atoms with E-state index >= 15 is 0 Å². The van der Waals surface area contributed by atoms with E-state index < -0.39 is 6.10 Å². The van der Waals surface area contributed by atoms with Crippen LogP contribution in [0.25, 0.3) is 10.9 Å². The third-order valence-corrected chi connectivity index (χ3v) is 6.61. The summed E-state index contributed by atoms with van der Waals surface area (Å²) in [6.07, 6.45) is 3.13. The Labute approximate surface area is 187 Å². The van der Waals surface area contributed by atoms with Crippen molar-refractivity contribution in [3.05, 3.63) is 68.8 Å². The van der Waals surface area contributed by atoms with Crippen LogP contribution in [0, 0.1) is 6.92 Å². The number of aromatic amines is 1. The Balaban J connectivity index is 1.54. The van der Waals surface area contributed by atoms with Crippen LogP contribution < -0.4 is 0 Å². The van der Waals surface area contributed by atoms with E-state index in [2.05, 4.69) is 28.1 Å². The Kier molecular flexibility index (Phi) is 6.37. The van der Waals surface area contributed by atoms with E-state index in [0.29, 0.717) is 15.6 Å². The molecule has 4 rings (SSSR count). The van der Waals surface area contributed by atoms with E-state index in [0.717, 1.165) is 35.1 Å². The lowest BCUT2D eigenvalue weighted by Gasteiger charge is -2.15. The Morgan fingerprint density at radius 2 is 1.90 bits per heavy atom. The van der Waals surface area contributed by atoms with Crippen molar-refractivity contribution in [2.24, 2.45) is 0 Å². The summed E-state index contributed by atoms with van der Waals surface area (Å²) in [5, 5.41) is 1.84. The van der Waals surface area contributed by atoms with Gasteiger partial charge in [-0.2, -0.15) is 0 Å². The van der Waals surface area contributed by atoms with Crippen LogP contribution in [-0.2, 0) is 11.2 Å². The fraction of sp³-hybridized carbons (Fsp3) is 0.375. The van der Waals surface area contributed by atoms with Crippen LogP contribution in [0.15, 0.2) is 36.4 Å². The molecule has 0 aliphatic carbocycles. The second-order valence-electron chi connectivity index (χ2n) is 8.02. The van der Waals surface area contributed by atoms with Gasteiger partial charge in [0.15, 0.2) is 0 Å². The summed E-state index contributed by atoms with van der Waals surface area (Å²) in [4.78, 5) is 18.9. The second kappa shape index (κ2) is 9.01. The molecule has 1 aromatic heterocycles. The van der Waals surface area contributed by atoms with E-state index in [-0.39, 0.29) is 5.97 Å². The maximum atomic E-state index is 13.0. The second-order valence-corrected chi connectivity index (χ2v) is 8.84. The number of likely N-dealkylation sites (tertiary alicyclic amines) is 1.